The van der Waals surface area contributed by atoms with Gasteiger partial charge >= 0.3 is 0 Å². The molecular weight excluding hydrogens is 1870 g/mol. The predicted octanol–water partition coefficient (Wildman–Crippen LogP) is 27.1. The third kappa shape index (κ3) is 28.2. The van der Waals surface area contributed by atoms with Gasteiger partial charge in [0.15, 0.2) is 7.67 Å². The Morgan fingerprint density at radius 2 is 0.364 bits per heavy atom. The fraction of sp³-hybridized carbons (Fsp3) is 0.118. The fourth-order valence-electron chi connectivity index (χ4n) is 12.5. The van der Waals surface area contributed by atoms with Crippen LogP contribution in [0.1, 0.15) is 54.7 Å². The third-order valence-corrected chi connectivity index (χ3v) is 29.9. The lowest BCUT2D eigenvalue weighted by Gasteiger charge is -2.26. The van der Waals surface area contributed by atoms with Crippen molar-refractivity contribution in [2.45, 2.75) is 103 Å². The lowest BCUT2D eigenvalue weighted by molar-refractivity contribution is 0.413. The van der Waals surface area contributed by atoms with Crippen LogP contribution in [0.3, 0.4) is 0 Å². The van der Waals surface area contributed by atoms with Gasteiger partial charge in [-0.3, -0.25) is 0 Å². The molecule has 15 aromatic rings. The molecule has 0 amide bonds. The molecule has 0 spiro atoms. The van der Waals surface area contributed by atoms with E-state index in [-0.39, 0.29) is 61.8 Å². The lowest BCUT2D eigenvalue weighted by Crippen LogP contribution is -2.18. The second kappa shape index (κ2) is 48.3. The number of ether oxygens (including phenoxy) is 8. The second-order valence-electron chi connectivity index (χ2n) is 29.3. The highest BCUT2D eigenvalue weighted by molar-refractivity contribution is 8.28. The number of hydrogen-bond acceptors (Lipinski definition) is 20. The van der Waals surface area contributed by atoms with Crippen molar-refractivity contribution in [1.82, 2.24) is 0 Å². The van der Waals surface area contributed by atoms with Crippen molar-refractivity contribution in [3.63, 3.8) is 0 Å². The number of aryl methyl sites for hydroxylation is 4. The normalized spacial score (nSPS) is 11.3. The van der Waals surface area contributed by atoms with Crippen LogP contribution in [0.5, 0.6) is 69.0 Å². The van der Waals surface area contributed by atoms with E-state index in [1.165, 1.54) is 49.1 Å². The molecule has 682 valence electrons. The van der Waals surface area contributed by atoms with E-state index in [4.69, 9.17) is 37.9 Å². The Morgan fingerprint density at radius 3 is 0.530 bits per heavy atom. The smallest absolute Gasteiger partial charge is 0.206 e. The van der Waals surface area contributed by atoms with Crippen molar-refractivity contribution >= 4 is 96.1 Å². The first kappa shape index (κ1) is 104. The minimum atomic E-state index is -3.68. The van der Waals surface area contributed by atoms with Crippen LogP contribution in [0.4, 0.5) is 8.39 Å². The molecule has 1 atom stereocenters. The molecule has 0 saturated heterocycles. The van der Waals surface area contributed by atoms with E-state index in [1.807, 2.05) is 100 Å². The molecule has 0 aliphatic carbocycles. The maximum Gasteiger partial charge on any atom is 0.206 e. The van der Waals surface area contributed by atoms with Crippen LogP contribution in [0.25, 0.3) is 11.1 Å². The first-order chi connectivity index (χ1) is 62.7. The van der Waals surface area contributed by atoms with E-state index in [1.54, 1.807) is 252 Å². The topological polar surface area (TPSA) is 245 Å². The zero-order valence-corrected chi connectivity index (χ0v) is 81.0. The molecule has 15 aromatic carbocycles. The molecule has 0 radical (unpaired) electrons. The van der Waals surface area contributed by atoms with Crippen molar-refractivity contribution in [3.05, 3.63) is 397 Å². The molecule has 0 heterocycles. The quantitative estimate of drug-likeness (QED) is 0.0457. The lowest BCUT2D eigenvalue weighted by atomic mass is 9.78. The molecule has 0 saturated carbocycles. The molecule has 30 heteroatoms. The van der Waals surface area contributed by atoms with Gasteiger partial charge in [0.1, 0.15) is 77.6 Å². The summed E-state index contributed by atoms with van der Waals surface area (Å²) in [7, 11) is -12.2. The molecule has 0 aliphatic heterocycles. The minimum absolute atomic E-state index is 0. The highest BCUT2D eigenvalue weighted by atomic mass is 32.6. The highest BCUT2D eigenvalue weighted by Crippen LogP contribution is 2.38. The van der Waals surface area contributed by atoms with Crippen LogP contribution in [-0.2, 0) is 78.2 Å². The molecule has 0 N–H and O–H groups in total. The van der Waals surface area contributed by atoms with Crippen LogP contribution in [0.15, 0.2) is 413 Å². The Bertz CT molecular complexity index is 6870. The maximum absolute atomic E-state index is 12.9. The summed E-state index contributed by atoms with van der Waals surface area (Å²) in [5.74, 6) is 7.52. The number of rotatable bonds is 26. The van der Waals surface area contributed by atoms with Crippen molar-refractivity contribution in [2.75, 3.05) is 28.4 Å². The number of hydrogen-bond donors (Lipinski definition) is 0. The van der Waals surface area contributed by atoms with Crippen LogP contribution in [-0.4, -0.2) is 70.5 Å². The van der Waals surface area contributed by atoms with E-state index in [9.17, 15) is 50.5 Å². The Hall–Kier alpha value is -12.2. The molecule has 132 heavy (non-hydrogen) atoms. The zero-order valence-electron chi connectivity index (χ0n) is 72.5. The van der Waals surface area contributed by atoms with E-state index >= 15 is 0 Å². The summed E-state index contributed by atoms with van der Waals surface area (Å²) < 4.78 is 192. The first-order valence-electron chi connectivity index (χ1n) is 39.8. The van der Waals surface area contributed by atoms with Crippen molar-refractivity contribution < 1.29 is 88.4 Å². The second-order valence-corrected chi connectivity index (χ2v) is 42.6. The van der Waals surface area contributed by atoms with E-state index in [2.05, 4.69) is 61.7 Å². The monoisotopic (exact) mass is 1960 g/mol. The van der Waals surface area contributed by atoms with E-state index < -0.39 is 65.4 Å². The van der Waals surface area contributed by atoms with Crippen molar-refractivity contribution in [1.29, 1.82) is 0 Å². The number of benzene rings is 15. The third-order valence-electron chi connectivity index (χ3n) is 20.1. The van der Waals surface area contributed by atoms with Crippen molar-refractivity contribution in [2.24, 2.45) is 0 Å². The van der Waals surface area contributed by atoms with Crippen LogP contribution >= 0.6 is 23.3 Å². The Kier molecular flexibility index (Phi) is 37.8. The van der Waals surface area contributed by atoms with Gasteiger partial charge in [-0.05, 0) is 329 Å². The Balaban J connectivity index is 0.000000194. The first-order valence-corrected chi connectivity index (χ1v) is 52.6. The molecular formula is C102H95F2O18P3S7. The number of sulfone groups is 5. The Labute approximate surface area is 787 Å². The highest BCUT2D eigenvalue weighted by Gasteiger charge is 2.26. The summed E-state index contributed by atoms with van der Waals surface area (Å²) in [5, 5.41) is 0. The molecule has 0 fully saturated rings. The maximum atomic E-state index is 12.9. The van der Waals surface area contributed by atoms with Gasteiger partial charge in [-0.2, -0.15) is 4.20 Å². The molecule has 18 nitrogen and oxygen atoms in total. The fourth-order valence-corrected chi connectivity index (χ4v) is 18.8. The SMILES string of the molecule is C.COc1ccc(-c2ccc(Oc3ccc(S(=O)(=O)c4ccc(C)cc4)cc3)cc2)cc1.COc1ccc(C(C)(C)c2ccc(Oc3ccc(S(=O)(=O)c4ccc(C)cc4)cc3)cc2)cc1.COc1ccc(Oc2ccc(S(=O)(=O)c3ccc(C)cc3)cc2)cc1.COc1ccc(S(=O)(=O)c2ccc(Oc3ccc(S(=O)(=O)c4ccc(C)cc4)cc3)cc2)cc1.FP=S.FPP=S. The summed E-state index contributed by atoms with van der Waals surface area (Å²) in [6, 6.07) is 104. The molecule has 15 rings (SSSR count). The largest absolute Gasteiger partial charge is 0.497 e. The number of methoxy groups -OCH3 is 4. The molecule has 0 aromatic heterocycles. The molecule has 0 aliphatic rings. The predicted molar refractivity (Wildman–Crippen MR) is 526 cm³/mol. The van der Waals surface area contributed by atoms with Gasteiger partial charge in [0.05, 0.1) is 77.4 Å². The van der Waals surface area contributed by atoms with Crippen molar-refractivity contribution in [3.8, 4) is 80.1 Å². The van der Waals surface area contributed by atoms with E-state index in [0.717, 1.165) is 56.2 Å². The average molecular weight is 1960 g/mol. The summed E-state index contributed by atoms with van der Waals surface area (Å²) in [6.45, 7) is 12.0. The van der Waals surface area contributed by atoms with Crippen LogP contribution < -0.4 is 37.9 Å². The van der Waals surface area contributed by atoms with Gasteiger partial charge in [-0.25, -0.2) is 46.3 Å². The minimum Gasteiger partial charge on any atom is -0.497 e. The van der Waals surface area contributed by atoms with Gasteiger partial charge in [0, 0.05) is 12.5 Å². The van der Waals surface area contributed by atoms with Crippen LogP contribution in [0, 0.1) is 27.7 Å². The standard InChI is InChI=1S/C29H28O4S.C26H22O6S2.C26H22O4S.C20H18O4S.CH4.FHP2S.FPS/c1-21-5-17-27(18-6-21)34(30,31)28-19-15-26(16-20-28)33-25-13-9-23(10-14-25)29(2,3)22-7-11-24(32-4)12-8-22;1-19-3-11-23(12-4-19)33(27,28)25-15-7-21(8-16-25)32-22-9-17-26(18-10-22)34(29,30)24-13-5-20(31-2)6-14-24;1-19-3-15-25(16-4-19)31(27,28)26-17-13-24(14-18-26)30-23-11-7-21(8-12-23)20-5-9-22(29-2)10-6-20;1-15-3-11-19(12-4-15)25(21,22)20-13-9-18(10-14-20)24-17-7-5-16(23-2)6-8-17;;1-2-3-4;1-2-3/h5-20H,1-4H3;3-18H,1-2H3;3-18H,1-2H3;3-14H,1-2H3;1H4;2H;. The van der Waals surface area contributed by atoms with Crippen LogP contribution in [0.2, 0.25) is 0 Å². The summed E-state index contributed by atoms with van der Waals surface area (Å²) in [4.78, 5) is 2.21. The van der Waals surface area contributed by atoms with E-state index in [0.29, 0.717) is 58.8 Å². The average Bonchev–Trinajstić information content (AvgIpc) is 0.859. The molecule has 1 unspecified atom stereocenters. The Morgan fingerprint density at radius 1 is 0.242 bits per heavy atom. The number of halogens is 2. The summed E-state index contributed by atoms with van der Waals surface area (Å²) in [6.07, 6.45) is 0. The van der Waals surface area contributed by atoms with Gasteiger partial charge < -0.3 is 37.9 Å². The van der Waals surface area contributed by atoms with Gasteiger partial charge in [0.25, 0.3) is 0 Å². The summed E-state index contributed by atoms with van der Waals surface area (Å²) >= 11 is 7.86. The van der Waals surface area contributed by atoms with Gasteiger partial charge in [-0.1, -0.05) is 152 Å². The van der Waals surface area contributed by atoms with Gasteiger partial charge in [0.2, 0.25) is 49.2 Å². The summed E-state index contributed by atoms with van der Waals surface area (Å²) in [5.41, 5.74) is 8.33. The zero-order chi connectivity index (χ0) is 94.5. The molecule has 0 bridgehead atoms. The van der Waals surface area contributed by atoms with Gasteiger partial charge in [-0.15, -0.1) is 0 Å².